The number of hydrogen-bond donors (Lipinski definition) is 0. The summed E-state index contributed by atoms with van der Waals surface area (Å²) in [5.41, 5.74) is 0.446. The molecule has 2 aliphatic rings. The molecule has 0 radical (unpaired) electrons. The van der Waals surface area contributed by atoms with Crippen molar-refractivity contribution >= 4 is 14.3 Å². The summed E-state index contributed by atoms with van der Waals surface area (Å²) in [5, 5.41) is 0.173. The Bertz CT molecular complexity index is 570. The van der Waals surface area contributed by atoms with Crippen molar-refractivity contribution in [3.63, 3.8) is 0 Å². The number of fused-ring (bicyclic) bond motifs is 1. The molecule has 0 aliphatic heterocycles. The molecule has 0 heterocycles. The molecule has 0 unspecified atom stereocenters. The lowest BCUT2D eigenvalue weighted by molar-refractivity contribution is -0.143. The van der Waals surface area contributed by atoms with Crippen LogP contribution in [0.5, 0.6) is 0 Å². The highest BCUT2D eigenvalue weighted by atomic mass is 28.4. The first kappa shape index (κ1) is 20.7. The summed E-state index contributed by atoms with van der Waals surface area (Å²) in [6.45, 7) is 20.7. The summed E-state index contributed by atoms with van der Waals surface area (Å²) in [6, 6.07) is 0. The molecule has 144 valence electrons. The largest absolute Gasteiger partial charge is 0.463 e. The van der Waals surface area contributed by atoms with Crippen molar-refractivity contribution in [3.05, 3.63) is 11.6 Å². The van der Waals surface area contributed by atoms with Gasteiger partial charge in [-0.2, -0.15) is 0 Å². The van der Waals surface area contributed by atoms with Crippen molar-refractivity contribution in [1.29, 1.82) is 0 Å². The van der Waals surface area contributed by atoms with Crippen molar-refractivity contribution < 1.29 is 14.0 Å². The minimum atomic E-state index is -1.93. The Balaban J connectivity index is 2.51. The second kappa shape index (κ2) is 6.23. The van der Waals surface area contributed by atoms with Gasteiger partial charge in [0.05, 0.1) is 12.2 Å². The Labute approximate surface area is 155 Å². The number of ether oxygens (including phenoxy) is 1. The molecule has 0 saturated heterocycles. The van der Waals surface area contributed by atoms with Gasteiger partial charge in [-0.1, -0.05) is 47.6 Å². The second-order valence-corrected chi connectivity index (χ2v) is 15.1. The van der Waals surface area contributed by atoms with Gasteiger partial charge >= 0.3 is 5.97 Å². The van der Waals surface area contributed by atoms with Gasteiger partial charge in [0.2, 0.25) is 0 Å². The summed E-state index contributed by atoms with van der Waals surface area (Å²) in [7, 11) is -1.93. The lowest BCUT2D eigenvalue weighted by Crippen LogP contribution is -2.62. The molecule has 1 fully saturated rings. The zero-order chi connectivity index (χ0) is 19.3. The van der Waals surface area contributed by atoms with E-state index in [1.54, 1.807) is 0 Å². The van der Waals surface area contributed by atoms with E-state index >= 15 is 0 Å². The van der Waals surface area contributed by atoms with Gasteiger partial charge in [-0.15, -0.1) is 0 Å². The summed E-state index contributed by atoms with van der Waals surface area (Å²) < 4.78 is 12.5. The Morgan fingerprint density at radius 1 is 1.20 bits per heavy atom. The van der Waals surface area contributed by atoms with Gasteiger partial charge < -0.3 is 9.16 Å². The molecule has 0 aromatic carbocycles. The summed E-state index contributed by atoms with van der Waals surface area (Å²) in [6.07, 6.45) is 6.28. The highest BCUT2D eigenvalue weighted by molar-refractivity contribution is 6.74. The number of hydrogen-bond acceptors (Lipinski definition) is 3. The smallest absolute Gasteiger partial charge is 0.333 e. The van der Waals surface area contributed by atoms with Gasteiger partial charge in [0.25, 0.3) is 0 Å². The maximum absolute atomic E-state index is 12.4. The highest BCUT2D eigenvalue weighted by Gasteiger charge is 2.64. The first-order valence-corrected chi connectivity index (χ1v) is 12.7. The lowest BCUT2D eigenvalue weighted by Gasteiger charge is -2.59. The van der Waals surface area contributed by atoms with Crippen molar-refractivity contribution in [1.82, 2.24) is 0 Å². The number of esters is 1. The molecular weight excluding hydrogens is 328 g/mol. The molecule has 3 nitrogen and oxygen atoms in total. The standard InChI is InChI=1S/C21H38O3Si/c1-10-23-17(22)16-14-19(5,6)21(13-11-12-20(21,7)15-16)24-25(8,9)18(2,3)4/h14H,10-13,15H2,1-9H3/t20-,21-/m0/s1. The predicted octanol–water partition coefficient (Wildman–Crippen LogP) is 5.86. The Hall–Kier alpha value is -0.613. The summed E-state index contributed by atoms with van der Waals surface area (Å²) >= 11 is 0. The van der Waals surface area contributed by atoms with Crippen molar-refractivity contribution in [2.45, 2.75) is 97.9 Å². The molecule has 0 aromatic rings. The quantitative estimate of drug-likeness (QED) is 0.462. The van der Waals surface area contributed by atoms with Crippen LogP contribution in [-0.2, 0) is 14.0 Å². The molecule has 0 aromatic heterocycles. The summed E-state index contributed by atoms with van der Waals surface area (Å²) in [4.78, 5) is 12.4. The van der Waals surface area contributed by atoms with Crippen LogP contribution < -0.4 is 0 Å². The van der Waals surface area contributed by atoms with Crippen molar-refractivity contribution in [3.8, 4) is 0 Å². The van der Waals surface area contributed by atoms with E-state index in [2.05, 4.69) is 60.7 Å². The second-order valence-electron chi connectivity index (χ2n) is 10.4. The Morgan fingerprint density at radius 3 is 2.32 bits per heavy atom. The first-order valence-electron chi connectivity index (χ1n) is 9.80. The normalized spacial score (nSPS) is 32.1. The lowest BCUT2D eigenvalue weighted by atomic mass is 9.56. The number of carbonyl (C=O) groups is 1. The highest BCUT2D eigenvalue weighted by Crippen LogP contribution is 2.64. The van der Waals surface area contributed by atoms with Gasteiger partial charge in [0, 0.05) is 16.4 Å². The average Bonchev–Trinajstić information content (AvgIpc) is 2.75. The third kappa shape index (κ3) is 3.25. The summed E-state index contributed by atoms with van der Waals surface area (Å²) in [5.74, 6) is -0.148. The van der Waals surface area contributed by atoms with Crippen LogP contribution in [0.2, 0.25) is 18.1 Å². The van der Waals surface area contributed by atoms with Crippen LogP contribution in [0.1, 0.15) is 74.1 Å². The fraction of sp³-hybridized carbons (Fsp3) is 0.857. The van der Waals surface area contributed by atoms with E-state index in [-0.39, 0.29) is 27.4 Å². The van der Waals surface area contributed by atoms with E-state index in [0.29, 0.717) is 6.61 Å². The zero-order valence-electron chi connectivity index (χ0n) is 17.8. The van der Waals surface area contributed by atoms with E-state index in [9.17, 15) is 4.79 Å². The van der Waals surface area contributed by atoms with Gasteiger partial charge in [-0.3, -0.25) is 0 Å². The van der Waals surface area contributed by atoms with Crippen LogP contribution >= 0.6 is 0 Å². The molecule has 0 spiro atoms. The molecule has 0 N–H and O–H groups in total. The van der Waals surface area contributed by atoms with Gasteiger partial charge in [-0.05, 0) is 50.7 Å². The fourth-order valence-corrected chi connectivity index (χ4v) is 6.62. The third-order valence-electron chi connectivity index (χ3n) is 7.16. The molecular formula is C21H38O3Si. The SMILES string of the molecule is CCOC(=O)C1=CC(C)(C)[C@@]2(O[Si](C)(C)C(C)(C)C)CCC[C@@]2(C)C1. The zero-order valence-corrected chi connectivity index (χ0v) is 18.8. The molecule has 0 amide bonds. The minimum Gasteiger partial charge on any atom is -0.463 e. The molecule has 2 rings (SSSR count). The van der Waals surface area contributed by atoms with E-state index in [0.717, 1.165) is 24.8 Å². The topological polar surface area (TPSA) is 35.5 Å². The number of carbonyl (C=O) groups excluding carboxylic acids is 1. The van der Waals surface area contributed by atoms with Crippen molar-refractivity contribution in [2.75, 3.05) is 6.61 Å². The van der Waals surface area contributed by atoms with E-state index in [4.69, 9.17) is 9.16 Å². The molecule has 1 saturated carbocycles. The maximum Gasteiger partial charge on any atom is 0.333 e. The van der Waals surface area contributed by atoms with Gasteiger partial charge in [0.15, 0.2) is 8.32 Å². The van der Waals surface area contributed by atoms with Gasteiger partial charge in [0.1, 0.15) is 0 Å². The first-order chi connectivity index (χ1) is 11.2. The van der Waals surface area contributed by atoms with Crippen LogP contribution in [0.4, 0.5) is 0 Å². The third-order valence-corrected chi connectivity index (χ3v) is 11.6. The molecule has 4 heteroatoms. The van der Waals surface area contributed by atoms with Crippen LogP contribution in [-0.4, -0.2) is 26.5 Å². The fourth-order valence-electron chi connectivity index (χ4n) is 4.84. The monoisotopic (exact) mass is 366 g/mol. The van der Waals surface area contributed by atoms with Crippen LogP contribution in [0.25, 0.3) is 0 Å². The molecule has 2 aliphatic carbocycles. The molecule has 2 atom stereocenters. The van der Waals surface area contributed by atoms with E-state index in [1.165, 1.54) is 6.42 Å². The molecule has 0 bridgehead atoms. The molecule has 25 heavy (non-hydrogen) atoms. The van der Waals surface area contributed by atoms with E-state index < -0.39 is 8.32 Å². The van der Waals surface area contributed by atoms with Crippen molar-refractivity contribution in [2.24, 2.45) is 10.8 Å². The average molecular weight is 367 g/mol. The van der Waals surface area contributed by atoms with Gasteiger partial charge in [-0.25, -0.2) is 4.79 Å². The minimum absolute atomic E-state index is 0.0110. The Kier molecular flexibility index (Phi) is 5.15. The van der Waals surface area contributed by atoms with Crippen LogP contribution in [0.3, 0.4) is 0 Å². The predicted molar refractivity (Wildman–Crippen MR) is 106 cm³/mol. The van der Waals surface area contributed by atoms with E-state index in [1.807, 2.05) is 6.92 Å². The Morgan fingerprint density at radius 2 is 1.80 bits per heavy atom. The van der Waals surface area contributed by atoms with Crippen LogP contribution in [0.15, 0.2) is 11.6 Å². The maximum atomic E-state index is 12.4. The number of rotatable bonds is 4. The van der Waals surface area contributed by atoms with Crippen LogP contribution in [0, 0.1) is 10.8 Å².